The lowest BCUT2D eigenvalue weighted by Crippen LogP contribution is -2.52. The van der Waals surface area contributed by atoms with E-state index in [2.05, 4.69) is 21.9 Å². The summed E-state index contributed by atoms with van der Waals surface area (Å²) in [6.45, 7) is 7.84. The van der Waals surface area contributed by atoms with Crippen molar-refractivity contribution < 1.29 is 19.0 Å². The molecule has 1 fully saturated rings. The summed E-state index contributed by atoms with van der Waals surface area (Å²) in [4.78, 5) is 4.86. The summed E-state index contributed by atoms with van der Waals surface area (Å²) in [6.07, 6.45) is 0.764. The fourth-order valence-corrected chi connectivity index (χ4v) is 3.83. The van der Waals surface area contributed by atoms with E-state index >= 15 is 0 Å². The van der Waals surface area contributed by atoms with E-state index in [0.717, 1.165) is 56.4 Å². The van der Waals surface area contributed by atoms with Crippen molar-refractivity contribution in [1.82, 2.24) is 9.80 Å². The van der Waals surface area contributed by atoms with Crippen LogP contribution in [0.1, 0.15) is 30.4 Å². The molecule has 0 aliphatic carbocycles. The van der Waals surface area contributed by atoms with Gasteiger partial charge in [-0.2, -0.15) is 0 Å². The number of ether oxygens (including phenoxy) is 2. The number of aliphatic hydroxyl groups is 1. The van der Waals surface area contributed by atoms with Gasteiger partial charge in [-0.3, -0.25) is 9.80 Å². The smallest absolute Gasteiger partial charge is 0.129 e. The van der Waals surface area contributed by atoms with Crippen molar-refractivity contribution in [1.29, 1.82) is 0 Å². The third-order valence-corrected chi connectivity index (χ3v) is 5.18. The Bertz CT molecular complexity index is 718. The molecule has 0 spiro atoms. The number of aliphatic hydroxyl groups excluding tert-OH is 1. The molecule has 0 radical (unpaired) electrons. The lowest BCUT2D eigenvalue weighted by Gasteiger charge is -2.41. The second-order valence-electron chi connectivity index (χ2n) is 7.21. The van der Waals surface area contributed by atoms with E-state index in [1.807, 2.05) is 31.2 Å². The standard InChI is InChI=1S/C22H32N2O4/c1-3-27-22-7-5-4-6-18(22)14-24-12-11-23(15-19(24)10-13-25)16-20-8-9-21(28-20)17-26-2/h4-9,19,25H,3,10-17H2,1-2H3/t19-/m1/s1. The molecule has 28 heavy (non-hydrogen) atoms. The molecule has 1 atom stereocenters. The van der Waals surface area contributed by atoms with Crippen LogP contribution in [0, 0.1) is 0 Å². The third-order valence-electron chi connectivity index (χ3n) is 5.18. The number of para-hydroxylation sites is 1. The van der Waals surface area contributed by atoms with Crippen LogP contribution < -0.4 is 4.74 Å². The van der Waals surface area contributed by atoms with Crippen LogP contribution in [0.15, 0.2) is 40.8 Å². The van der Waals surface area contributed by atoms with Crippen LogP contribution in [0.5, 0.6) is 5.75 Å². The molecule has 0 unspecified atom stereocenters. The zero-order valence-electron chi connectivity index (χ0n) is 17.0. The van der Waals surface area contributed by atoms with Crippen LogP contribution >= 0.6 is 0 Å². The Balaban J connectivity index is 1.62. The summed E-state index contributed by atoms with van der Waals surface area (Å²) in [5.41, 5.74) is 1.20. The molecule has 2 aromatic rings. The Hall–Kier alpha value is -1.86. The van der Waals surface area contributed by atoms with E-state index in [1.54, 1.807) is 7.11 Å². The van der Waals surface area contributed by atoms with E-state index < -0.39 is 0 Å². The highest BCUT2D eigenvalue weighted by Gasteiger charge is 2.27. The van der Waals surface area contributed by atoms with Crippen LogP contribution in [-0.2, 0) is 24.4 Å². The van der Waals surface area contributed by atoms with Crippen molar-refractivity contribution in [3.63, 3.8) is 0 Å². The molecule has 6 heteroatoms. The van der Waals surface area contributed by atoms with E-state index in [1.165, 1.54) is 5.56 Å². The van der Waals surface area contributed by atoms with Gasteiger partial charge < -0.3 is 19.0 Å². The molecule has 2 heterocycles. The molecule has 1 aliphatic heterocycles. The fourth-order valence-electron chi connectivity index (χ4n) is 3.83. The second-order valence-corrected chi connectivity index (χ2v) is 7.21. The van der Waals surface area contributed by atoms with Crippen LogP contribution in [-0.4, -0.2) is 60.9 Å². The van der Waals surface area contributed by atoms with E-state index in [-0.39, 0.29) is 6.61 Å². The zero-order valence-corrected chi connectivity index (χ0v) is 17.0. The molecule has 1 aromatic heterocycles. The van der Waals surface area contributed by atoms with Gasteiger partial charge in [0.05, 0.1) is 13.2 Å². The fraction of sp³-hybridized carbons (Fsp3) is 0.545. The lowest BCUT2D eigenvalue weighted by molar-refractivity contribution is 0.0457. The quantitative estimate of drug-likeness (QED) is 0.675. The molecule has 0 amide bonds. The molecule has 3 rings (SSSR count). The first kappa shape index (κ1) is 20.9. The van der Waals surface area contributed by atoms with Crippen molar-refractivity contribution in [3.05, 3.63) is 53.5 Å². The molecule has 6 nitrogen and oxygen atoms in total. The van der Waals surface area contributed by atoms with Crippen LogP contribution in [0.3, 0.4) is 0 Å². The topological polar surface area (TPSA) is 58.3 Å². The maximum absolute atomic E-state index is 9.58. The first-order chi connectivity index (χ1) is 13.7. The average Bonchev–Trinajstić information content (AvgIpc) is 3.13. The highest BCUT2D eigenvalue weighted by atomic mass is 16.5. The van der Waals surface area contributed by atoms with Crippen LogP contribution in [0.2, 0.25) is 0 Å². The maximum atomic E-state index is 9.58. The number of nitrogens with zero attached hydrogens (tertiary/aromatic N) is 2. The van der Waals surface area contributed by atoms with Gasteiger partial charge in [0.15, 0.2) is 0 Å². The highest BCUT2D eigenvalue weighted by Crippen LogP contribution is 2.24. The molecular weight excluding hydrogens is 356 g/mol. The maximum Gasteiger partial charge on any atom is 0.129 e. The predicted molar refractivity (Wildman–Crippen MR) is 108 cm³/mol. The summed E-state index contributed by atoms with van der Waals surface area (Å²) in [5.74, 6) is 2.77. The van der Waals surface area contributed by atoms with Gasteiger partial charge in [0, 0.05) is 51.5 Å². The van der Waals surface area contributed by atoms with Crippen molar-refractivity contribution in [2.24, 2.45) is 0 Å². The minimum Gasteiger partial charge on any atom is -0.494 e. The summed E-state index contributed by atoms with van der Waals surface area (Å²) in [7, 11) is 1.67. The Labute approximate surface area is 167 Å². The molecule has 1 aromatic carbocycles. The molecule has 1 aliphatic rings. The van der Waals surface area contributed by atoms with Crippen molar-refractivity contribution in [3.8, 4) is 5.75 Å². The summed E-state index contributed by atoms with van der Waals surface area (Å²) >= 11 is 0. The van der Waals surface area contributed by atoms with Crippen molar-refractivity contribution in [2.75, 3.05) is 40.0 Å². The molecule has 1 N–H and O–H groups in total. The van der Waals surface area contributed by atoms with Gasteiger partial charge in [-0.05, 0) is 31.5 Å². The first-order valence-corrected chi connectivity index (χ1v) is 10.1. The van der Waals surface area contributed by atoms with Gasteiger partial charge in [0.2, 0.25) is 0 Å². The average molecular weight is 389 g/mol. The Morgan fingerprint density at radius 2 is 1.93 bits per heavy atom. The van der Waals surface area contributed by atoms with Crippen LogP contribution in [0.4, 0.5) is 0 Å². The van der Waals surface area contributed by atoms with E-state index in [9.17, 15) is 5.11 Å². The van der Waals surface area contributed by atoms with Gasteiger partial charge in [-0.15, -0.1) is 0 Å². The van der Waals surface area contributed by atoms with Crippen molar-refractivity contribution in [2.45, 2.75) is 39.1 Å². The predicted octanol–water partition coefficient (Wildman–Crippen LogP) is 2.89. The number of benzene rings is 1. The summed E-state index contributed by atoms with van der Waals surface area (Å²) < 4.78 is 16.8. The summed E-state index contributed by atoms with van der Waals surface area (Å²) in [5, 5.41) is 9.58. The number of rotatable bonds is 10. The third kappa shape index (κ3) is 5.58. The molecule has 0 bridgehead atoms. The van der Waals surface area contributed by atoms with E-state index in [4.69, 9.17) is 13.9 Å². The number of hydrogen-bond acceptors (Lipinski definition) is 6. The first-order valence-electron chi connectivity index (χ1n) is 10.1. The number of hydrogen-bond donors (Lipinski definition) is 1. The van der Waals surface area contributed by atoms with E-state index in [0.29, 0.717) is 19.3 Å². The molecule has 1 saturated heterocycles. The van der Waals surface area contributed by atoms with Gasteiger partial charge in [-0.1, -0.05) is 18.2 Å². The normalized spacial score (nSPS) is 18.5. The zero-order chi connectivity index (χ0) is 19.8. The van der Waals surface area contributed by atoms with Gasteiger partial charge in [0.25, 0.3) is 0 Å². The molecule has 0 saturated carbocycles. The Morgan fingerprint density at radius 1 is 1.11 bits per heavy atom. The second kappa shape index (κ2) is 10.6. The molecule has 154 valence electrons. The van der Waals surface area contributed by atoms with Gasteiger partial charge >= 0.3 is 0 Å². The lowest BCUT2D eigenvalue weighted by atomic mass is 10.1. The number of furan rings is 1. The van der Waals surface area contributed by atoms with Gasteiger partial charge in [0.1, 0.15) is 23.9 Å². The minimum atomic E-state index is 0.195. The van der Waals surface area contributed by atoms with Crippen molar-refractivity contribution >= 4 is 0 Å². The Kier molecular flexibility index (Phi) is 7.91. The Morgan fingerprint density at radius 3 is 2.71 bits per heavy atom. The highest BCUT2D eigenvalue weighted by molar-refractivity contribution is 5.33. The summed E-state index contributed by atoms with van der Waals surface area (Å²) in [6, 6.07) is 12.5. The van der Waals surface area contributed by atoms with Gasteiger partial charge in [-0.25, -0.2) is 0 Å². The SMILES string of the molecule is CCOc1ccccc1CN1CCN(Cc2ccc(COC)o2)C[C@H]1CCO. The minimum absolute atomic E-state index is 0.195. The molecular formula is C22H32N2O4. The number of methoxy groups -OCH3 is 1. The largest absolute Gasteiger partial charge is 0.494 e. The van der Waals surface area contributed by atoms with Crippen LogP contribution in [0.25, 0.3) is 0 Å². The number of piperazine rings is 1. The monoisotopic (exact) mass is 388 g/mol.